The van der Waals surface area contributed by atoms with Crippen LogP contribution in [0.15, 0.2) is 41.0 Å². The summed E-state index contributed by atoms with van der Waals surface area (Å²) < 4.78 is 19.6. The molecule has 0 fully saturated rings. The summed E-state index contributed by atoms with van der Waals surface area (Å²) in [5, 5.41) is 0. The van der Waals surface area contributed by atoms with Crippen LogP contribution < -0.4 is 10.5 Å². The molecule has 1 heterocycles. The smallest absolute Gasteiger partial charge is 0.219 e. The molecule has 0 aliphatic heterocycles. The first kappa shape index (κ1) is 13.0. The van der Waals surface area contributed by atoms with Gasteiger partial charge < -0.3 is 10.5 Å². The van der Waals surface area contributed by atoms with E-state index in [1.54, 1.807) is 30.5 Å². The summed E-state index contributed by atoms with van der Waals surface area (Å²) in [6.07, 6.45) is 1.59. The van der Waals surface area contributed by atoms with E-state index in [1.165, 1.54) is 6.07 Å². The van der Waals surface area contributed by atoms with E-state index in [0.29, 0.717) is 10.4 Å². The van der Waals surface area contributed by atoms with Gasteiger partial charge in [0.15, 0.2) is 11.6 Å². The summed E-state index contributed by atoms with van der Waals surface area (Å²) in [7, 11) is 0. The molecule has 1 aromatic carbocycles. The second-order valence-electron chi connectivity index (χ2n) is 3.89. The Balaban J connectivity index is 2.25. The average molecular weight is 311 g/mol. The quantitative estimate of drug-likeness (QED) is 0.938. The van der Waals surface area contributed by atoms with E-state index in [2.05, 4.69) is 20.9 Å². The number of nitrogens with zero attached hydrogens (tertiary/aromatic N) is 1. The van der Waals surface area contributed by atoms with E-state index in [-0.39, 0.29) is 11.8 Å². The summed E-state index contributed by atoms with van der Waals surface area (Å²) >= 11 is 3.18. The highest BCUT2D eigenvalue weighted by atomic mass is 79.9. The summed E-state index contributed by atoms with van der Waals surface area (Å²) in [5.41, 5.74) is 6.65. The van der Waals surface area contributed by atoms with Crippen molar-refractivity contribution in [3.63, 3.8) is 0 Å². The number of hydrogen-bond donors (Lipinski definition) is 1. The molecule has 1 atom stereocenters. The first-order valence-electron chi connectivity index (χ1n) is 5.40. The maximum Gasteiger partial charge on any atom is 0.219 e. The first-order valence-corrected chi connectivity index (χ1v) is 6.20. The number of pyridine rings is 1. The molecule has 2 aromatic rings. The van der Waals surface area contributed by atoms with Gasteiger partial charge >= 0.3 is 0 Å². The standard InChI is InChI=1S/C13H12BrFN2O/c1-8(16)9-4-5-17-13(6-9)18-12-3-2-10(14)7-11(12)15/h2-8H,16H2,1H3/t8-/m0/s1. The summed E-state index contributed by atoms with van der Waals surface area (Å²) in [6.45, 7) is 1.86. The van der Waals surface area contributed by atoms with Crippen molar-refractivity contribution in [2.24, 2.45) is 5.73 Å². The van der Waals surface area contributed by atoms with Gasteiger partial charge in [0, 0.05) is 22.8 Å². The summed E-state index contributed by atoms with van der Waals surface area (Å²) in [6, 6.07) is 7.96. The fourth-order valence-electron chi connectivity index (χ4n) is 1.43. The Hall–Kier alpha value is -1.46. The molecular formula is C13H12BrFN2O. The minimum absolute atomic E-state index is 0.120. The molecule has 0 aliphatic carbocycles. The predicted octanol–water partition coefficient (Wildman–Crippen LogP) is 3.80. The Kier molecular flexibility index (Phi) is 3.93. The highest BCUT2D eigenvalue weighted by Crippen LogP contribution is 2.26. The Bertz CT molecular complexity index is 560. The van der Waals surface area contributed by atoms with Crippen molar-refractivity contribution in [3.8, 4) is 11.6 Å². The van der Waals surface area contributed by atoms with Crippen LogP contribution in [-0.2, 0) is 0 Å². The van der Waals surface area contributed by atoms with Crippen LogP contribution in [0.25, 0.3) is 0 Å². The molecule has 2 N–H and O–H groups in total. The zero-order chi connectivity index (χ0) is 13.1. The van der Waals surface area contributed by atoms with Crippen molar-refractivity contribution in [1.29, 1.82) is 0 Å². The first-order chi connectivity index (χ1) is 8.56. The Labute approximate surface area is 113 Å². The lowest BCUT2D eigenvalue weighted by Crippen LogP contribution is -2.05. The van der Waals surface area contributed by atoms with Crippen LogP contribution in [-0.4, -0.2) is 4.98 Å². The van der Waals surface area contributed by atoms with Crippen molar-refractivity contribution < 1.29 is 9.13 Å². The molecule has 18 heavy (non-hydrogen) atoms. The van der Waals surface area contributed by atoms with Gasteiger partial charge in [-0.05, 0) is 36.8 Å². The minimum Gasteiger partial charge on any atom is -0.436 e. The van der Waals surface area contributed by atoms with Gasteiger partial charge in [-0.3, -0.25) is 0 Å². The third-order valence-electron chi connectivity index (χ3n) is 2.39. The zero-order valence-corrected chi connectivity index (χ0v) is 11.3. The van der Waals surface area contributed by atoms with Gasteiger partial charge in [0.25, 0.3) is 0 Å². The molecule has 0 spiro atoms. The molecule has 0 saturated heterocycles. The molecule has 3 nitrogen and oxygen atoms in total. The maximum atomic E-state index is 13.6. The van der Waals surface area contributed by atoms with E-state index in [0.717, 1.165) is 5.56 Å². The number of halogens is 2. The fraction of sp³-hybridized carbons (Fsp3) is 0.154. The largest absolute Gasteiger partial charge is 0.436 e. The number of rotatable bonds is 3. The lowest BCUT2D eigenvalue weighted by atomic mass is 10.1. The van der Waals surface area contributed by atoms with Crippen molar-refractivity contribution in [1.82, 2.24) is 4.98 Å². The molecule has 0 amide bonds. The number of ether oxygens (including phenoxy) is 1. The maximum absolute atomic E-state index is 13.6. The second-order valence-corrected chi connectivity index (χ2v) is 4.81. The molecule has 0 radical (unpaired) electrons. The Morgan fingerprint density at radius 2 is 2.11 bits per heavy atom. The number of hydrogen-bond acceptors (Lipinski definition) is 3. The van der Waals surface area contributed by atoms with Crippen LogP contribution in [0.5, 0.6) is 11.6 Å². The van der Waals surface area contributed by atoms with Gasteiger partial charge in [-0.15, -0.1) is 0 Å². The van der Waals surface area contributed by atoms with Gasteiger partial charge in [0.1, 0.15) is 0 Å². The lowest BCUT2D eigenvalue weighted by Gasteiger charge is -2.09. The third kappa shape index (κ3) is 3.05. The Morgan fingerprint density at radius 3 is 2.78 bits per heavy atom. The van der Waals surface area contributed by atoms with Crippen molar-refractivity contribution in [2.45, 2.75) is 13.0 Å². The fourth-order valence-corrected chi connectivity index (χ4v) is 1.77. The minimum atomic E-state index is -0.447. The number of aromatic nitrogens is 1. The zero-order valence-electron chi connectivity index (χ0n) is 9.73. The van der Waals surface area contributed by atoms with Gasteiger partial charge in [0.2, 0.25) is 5.88 Å². The monoisotopic (exact) mass is 310 g/mol. The van der Waals surface area contributed by atoms with E-state index in [9.17, 15) is 4.39 Å². The van der Waals surface area contributed by atoms with Gasteiger partial charge in [-0.25, -0.2) is 9.37 Å². The summed E-state index contributed by atoms with van der Waals surface area (Å²) in [4.78, 5) is 4.02. The second kappa shape index (κ2) is 5.46. The normalized spacial score (nSPS) is 12.2. The topological polar surface area (TPSA) is 48.1 Å². The van der Waals surface area contributed by atoms with E-state index in [1.807, 2.05) is 6.92 Å². The number of benzene rings is 1. The lowest BCUT2D eigenvalue weighted by molar-refractivity contribution is 0.426. The van der Waals surface area contributed by atoms with Crippen molar-refractivity contribution in [3.05, 3.63) is 52.4 Å². The van der Waals surface area contributed by atoms with Gasteiger partial charge in [-0.2, -0.15) is 0 Å². The van der Waals surface area contributed by atoms with Crippen LogP contribution in [0, 0.1) is 5.82 Å². The molecule has 0 saturated carbocycles. The van der Waals surface area contributed by atoms with Crippen LogP contribution >= 0.6 is 15.9 Å². The van der Waals surface area contributed by atoms with Gasteiger partial charge in [-0.1, -0.05) is 15.9 Å². The molecule has 2 rings (SSSR count). The van der Waals surface area contributed by atoms with E-state index in [4.69, 9.17) is 10.5 Å². The van der Waals surface area contributed by atoms with Crippen LogP contribution in [0.1, 0.15) is 18.5 Å². The van der Waals surface area contributed by atoms with E-state index < -0.39 is 5.82 Å². The highest BCUT2D eigenvalue weighted by Gasteiger charge is 2.07. The summed E-state index contributed by atoms with van der Waals surface area (Å²) in [5.74, 6) is 0.0101. The average Bonchev–Trinajstić information content (AvgIpc) is 2.33. The highest BCUT2D eigenvalue weighted by molar-refractivity contribution is 9.10. The van der Waals surface area contributed by atoms with Crippen LogP contribution in [0.3, 0.4) is 0 Å². The SMILES string of the molecule is C[C@H](N)c1ccnc(Oc2ccc(Br)cc2F)c1. The molecule has 5 heteroatoms. The van der Waals surface area contributed by atoms with E-state index >= 15 is 0 Å². The molecule has 94 valence electrons. The third-order valence-corrected chi connectivity index (χ3v) is 2.89. The molecular weight excluding hydrogens is 299 g/mol. The predicted molar refractivity (Wildman–Crippen MR) is 71.0 cm³/mol. The van der Waals surface area contributed by atoms with Gasteiger partial charge in [0.05, 0.1) is 0 Å². The Morgan fingerprint density at radius 1 is 1.33 bits per heavy atom. The van der Waals surface area contributed by atoms with Crippen molar-refractivity contribution in [2.75, 3.05) is 0 Å². The molecule has 1 aromatic heterocycles. The molecule has 0 bridgehead atoms. The van der Waals surface area contributed by atoms with Crippen LogP contribution in [0.2, 0.25) is 0 Å². The molecule has 0 unspecified atom stereocenters. The van der Waals surface area contributed by atoms with Crippen molar-refractivity contribution >= 4 is 15.9 Å². The molecule has 0 aliphatic rings. The van der Waals surface area contributed by atoms with Crippen LogP contribution in [0.4, 0.5) is 4.39 Å². The number of nitrogens with two attached hydrogens (primary N) is 1.